The van der Waals surface area contributed by atoms with Gasteiger partial charge in [0.1, 0.15) is 0 Å². The van der Waals surface area contributed by atoms with Crippen LogP contribution >= 0.6 is 11.6 Å². The smallest absolute Gasteiger partial charge is 0.208 e. The molecule has 0 amide bonds. The maximum Gasteiger partial charge on any atom is 0.226 e. The fourth-order valence-corrected chi connectivity index (χ4v) is 2.60. The van der Waals surface area contributed by atoms with Crippen molar-refractivity contribution in [3.05, 3.63) is 102 Å². The van der Waals surface area contributed by atoms with Crippen molar-refractivity contribution < 1.29 is 0 Å². The third-order valence-corrected chi connectivity index (χ3v) is 4.00. The van der Waals surface area contributed by atoms with Gasteiger partial charge in [0.05, 0.1) is 0 Å². The summed E-state index contributed by atoms with van der Waals surface area (Å²) in [6.45, 7) is 5.84. The van der Waals surface area contributed by atoms with Crippen molar-refractivity contribution >= 4 is 22.7 Å². The standard InChI is InChI=1S/C22H18ClN3/c1-3-17(18-10-6-4-7-11-18)15-14-16(2)20-24-21(26-22(23)25-20)19-12-8-5-9-13-19/h3-15H,1H2,2H3/b16-14+,17-15+. The molecule has 3 rings (SSSR count). The molecule has 0 saturated heterocycles. The minimum atomic E-state index is 0.178. The largest absolute Gasteiger partial charge is 0.226 e. The second-order valence-electron chi connectivity index (χ2n) is 5.66. The molecular formula is C22H18ClN3. The van der Waals surface area contributed by atoms with Crippen LogP contribution in [0.5, 0.6) is 0 Å². The molecule has 0 spiro atoms. The van der Waals surface area contributed by atoms with Crippen LogP contribution in [0.25, 0.3) is 22.5 Å². The molecule has 0 aliphatic carbocycles. The number of hydrogen-bond acceptors (Lipinski definition) is 3. The van der Waals surface area contributed by atoms with E-state index in [0.717, 1.165) is 22.3 Å². The third kappa shape index (κ3) is 4.32. The van der Waals surface area contributed by atoms with Crippen LogP contribution in [0.2, 0.25) is 5.28 Å². The van der Waals surface area contributed by atoms with Crippen LogP contribution in [0.4, 0.5) is 0 Å². The topological polar surface area (TPSA) is 38.7 Å². The van der Waals surface area contributed by atoms with Gasteiger partial charge in [-0.25, -0.2) is 4.98 Å². The van der Waals surface area contributed by atoms with Gasteiger partial charge in [0.2, 0.25) is 5.28 Å². The monoisotopic (exact) mass is 359 g/mol. The first-order valence-electron chi connectivity index (χ1n) is 8.21. The van der Waals surface area contributed by atoms with Gasteiger partial charge in [-0.15, -0.1) is 0 Å². The van der Waals surface area contributed by atoms with Gasteiger partial charge in [0.25, 0.3) is 0 Å². The number of aromatic nitrogens is 3. The summed E-state index contributed by atoms with van der Waals surface area (Å²) in [5, 5.41) is 0.178. The molecule has 0 fully saturated rings. The molecule has 1 heterocycles. The molecule has 2 aromatic carbocycles. The van der Waals surface area contributed by atoms with E-state index in [9.17, 15) is 0 Å². The summed E-state index contributed by atoms with van der Waals surface area (Å²) in [5.74, 6) is 1.11. The first-order chi connectivity index (χ1) is 12.7. The lowest BCUT2D eigenvalue weighted by atomic mass is 10.1. The van der Waals surface area contributed by atoms with Gasteiger partial charge in [-0.2, -0.15) is 9.97 Å². The van der Waals surface area contributed by atoms with Crippen molar-refractivity contribution in [1.82, 2.24) is 15.0 Å². The van der Waals surface area contributed by atoms with Crippen molar-refractivity contribution in [3.8, 4) is 11.4 Å². The van der Waals surface area contributed by atoms with E-state index in [-0.39, 0.29) is 5.28 Å². The second kappa shape index (κ2) is 8.37. The highest BCUT2D eigenvalue weighted by atomic mass is 35.5. The maximum absolute atomic E-state index is 6.11. The number of hydrogen-bond donors (Lipinski definition) is 0. The molecule has 128 valence electrons. The lowest BCUT2D eigenvalue weighted by Gasteiger charge is -2.05. The molecule has 0 saturated carbocycles. The summed E-state index contributed by atoms with van der Waals surface area (Å²) in [7, 11) is 0. The van der Waals surface area contributed by atoms with Crippen LogP contribution in [0.3, 0.4) is 0 Å². The average molecular weight is 360 g/mol. The lowest BCUT2D eigenvalue weighted by molar-refractivity contribution is 1.02. The Balaban J connectivity index is 1.95. The van der Waals surface area contributed by atoms with Crippen molar-refractivity contribution in [2.75, 3.05) is 0 Å². The second-order valence-corrected chi connectivity index (χ2v) is 6.00. The van der Waals surface area contributed by atoms with Crippen LogP contribution in [0.1, 0.15) is 18.3 Å². The molecule has 0 N–H and O–H groups in total. The van der Waals surface area contributed by atoms with Crippen molar-refractivity contribution in [2.45, 2.75) is 6.92 Å². The van der Waals surface area contributed by atoms with E-state index < -0.39 is 0 Å². The predicted molar refractivity (Wildman–Crippen MR) is 109 cm³/mol. The Morgan fingerprint density at radius 3 is 2.19 bits per heavy atom. The molecule has 26 heavy (non-hydrogen) atoms. The molecule has 3 aromatic rings. The van der Waals surface area contributed by atoms with Crippen molar-refractivity contribution in [1.29, 1.82) is 0 Å². The number of nitrogens with zero attached hydrogens (tertiary/aromatic N) is 3. The van der Waals surface area contributed by atoms with E-state index >= 15 is 0 Å². The van der Waals surface area contributed by atoms with E-state index in [0.29, 0.717) is 11.6 Å². The summed E-state index contributed by atoms with van der Waals surface area (Å²) < 4.78 is 0. The van der Waals surface area contributed by atoms with Gasteiger partial charge in [0.15, 0.2) is 11.6 Å². The van der Waals surface area contributed by atoms with Crippen LogP contribution < -0.4 is 0 Å². The quantitative estimate of drug-likeness (QED) is 0.535. The van der Waals surface area contributed by atoms with Crippen LogP contribution in [0.15, 0.2) is 85.5 Å². The molecule has 0 aliphatic rings. The highest BCUT2D eigenvalue weighted by molar-refractivity contribution is 6.28. The van der Waals surface area contributed by atoms with Crippen LogP contribution in [0, 0.1) is 0 Å². The highest BCUT2D eigenvalue weighted by Crippen LogP contribution is 2.20. The molecule has 0 bridgehead atoms. The normalized spacial score (nSPS) is 12.1. The number of rotatable bonds is 5. The number of halogens is 1. The molecule has 0 aliphatic heterocycles. The minimum absolute atomic E-state index is 0.178. The zero-order valence-electron chi connectivity index (χ0n) is 14.4. The first kappa shape index (κ1) is 17.8. The van der Waals surface area contributed by atoms with Gasteiger partial charge < -0.3 is 0 Å². The Hall–Kier alpha value is -3.04. The molecule has 3 nitrogen and oxygen atoms in total. The Bertz CT molecular complexity index is 961. The van der Waals surface area contributed by atoms with Gasteiger partial charge in [-0.3, -0.25) is 0 Å². The van der Waals surface area contributed by atoms with E-state index in [2.05, 4.69) is 21.5 Å². The molecule has 0 radical (unpaired) electrons. The fourth-order valence-electron chi connectivity index (χ4n) is 2.44. The summed E-state index contributed by atoms with van der Waals surface area (Å²) in [6.07, 6.45) is 5.79. The van der Waals surface area contributed by atoms with Gasteiger partial charge in [-0.1, -0.05) is 85.5 Å². The van der Waals surface area contributed by atoms with E-state index in [1.807, 2.05) is 85.8 Å². The van der Waals surface area contributed by atoms with E-state index in [1.54, 1.807) is 0 Å². The minimum Gasteiger partial charge on any atom is -0.208 e. The molecule has 0 unspecified atom stereocenters. The molecular weight excluding hydrogens is 342 g/mol. The Morgan fingerprint density at radius 1 is 0.885 bits per heavy atom. The fraction of sp³-hybridized carbons (Fsp3) is 0.0455. The Kier molecular flexibility index (Phi) is 5.72. The zero-order chi connectivity index (χ0) is 18.4. The summed E-state index contributed by atoms with van der Waals surface area (Å²) in [5.41, 5.74) is 3.91. The van der Waals surface area contributed by atoms with Crippen molar-refractivity contribution in [3.63, 3.8) is 0 Å². The van der Waals surface area contributed by atoms with Gasteiger partial charge in [0, 0.05) is 5.56 Å². The number of benzene rings is 2. The Labute approximate surface area is 158 Å². The molecule has 4 heteroatoms. The number of allylic oxidation sites excluding steroid dienone is 5. The predicted octanol–water partition coefficient (Wildman–Crippen LogP) is 5.86. The van der Waals surface area contributed by atoms with E-state index in [4.69, 9.17) is 11.6 Å². The van der Waals surface area contributed by atoms with Crippen LogP contribution in [-0.4, -0.2) is 15.0 Å². The molecule has 0 atom stereocenters. The van der Waals surface area contributed by atoms with Gasteiger partial charge >= 0.3 is 0 Å². The Morgan fingerprint density at radius 2 is 1.54 bits per heavy atom. The SMILES string of the molecule is C=C/C(=C\C=C(/C)c1nc(Cl)nc(-c2ccccc2)n1)c1ccccc1. The average Bonchev–Trinajstić information content (AvgIpc) is 2.69. The highest BCUT2D eigenvalue weighted by Gasteiger charge is 2.08. The lowest BCUT2D eigenvalue weighted by Crippen LogP contribution is -1.99. The van der Waals surface area contributed by atoms with Gasteiger partial charge in [-0.05, 0) is 35.2 Å². The summed E-state index contributed by atoms with van der Waals surface area (Å²) in [4.78, 5) is 13.0. The van der Waals surface area contributed by atoms with Crippen LogP contribution in [-0.2, 0) is 0 Å². The molecule has 1 aromatic heterocycles. The zero-order valence-corrected chi connectivity index (χ0v) is 15.2. The van der Waals surface area contributed by atoms with Crippen molar-refractivity contribution in [2.24, 2.45) is 0 Å². The third-order valence-electron chi connectivity index (χ3n) is 3.83. The first-order valence-corrected chi connectivity index (χ1v) is 8.59. The maximum atomic E-state index is 6.11. The summed E-state index contributed by atoms with van der Waals surface area (Å²) in [6, 6.07) is 19.8. The summed E-state index contributed by atoms with van der Waals surface area (Å²) >= 11 is 6.11. The van der Waals surface area contributed by atoms with E-state index in [1.165, 1.54) is 0 Å².